The van der Waals surface area contributed by atoms with Gasteiger partial charge in [-0.3, -0.25) is 4.79 Å². The Morgan fingerprint density at radius 1 is 1.19 bits per heavy atom. The smallest absolute Gasteiger partial charge is 0.337 e. The van der Waals surface area contributed by atoms with E-state index in [1.807, 2.05) is 0 Å². The zero-order valence-electron chi connectivity index (χ0n) is 8.25. The molecule has 1 aromatic heterocycles. The van der Waals surface area contributed by atoms with Gasteiger partial charge in [-0.25, -0.2) is 4.79 Å². The fourth-order valence-corrected chi connectivity index (χ4v) is 1.71. The van der Waals surface area contributed by atoms with E-state index in [1.54, 1.807) is 24.4 Å². The van der Waals surface area contributed by atoms with Gasteiger partial charge >= 0.3 is 11.9 Å². The molecule has 0 unspecified atom stereocenters. The Morgan fingerprint density at radius 3 is 2.56 bits per heavy atom. The Bertz CT molecular complexity index is 570. The first-order valence-electron chi connectivity index (χ1n) is 4.62. The summed E-state index contributed by atoms with van der Waals surface area (Å²) in [7, 11) is 0. The summed E-state index contributed by atoms with van der Waals surface area (Å²) in [5, 5.41) is 18.4. The predicted molar refractivity (Wildman–Crippen MR) is 56.5 cm³/mol. The molecule has 0 saturated heterocycles. The summed E-state index contributed by atoms with van der Waals surface area (Å²) in [4.78, 5) is 21.6. The summed E-state index contributed by atoms with van der Waals surface area (Å²) in [6.45, 7) is -0.242. The van der Waals surface area contributed by atoms with Gasteiger partial charge in [0.2, 0.25) is 0 Å². The van der Waals surface area contributed by atoms with Crippen LogP contribution in [0.2, 0.25) is 0 Å². The van der Waals surface area contributed by atoms with Gasteiger partial charge in [-0.15, -0.1) is 0 Å². The molecule has 1 aromatic carbocycles. The van der Waals surface area contributed by atoms with Crippen LogP contribution in [0.3, 0.4) is 0 Å². The first-order chi connectivity index (χ1) is 7.59. The van der Waals surface area contributed by atoms with Crippen molar-refractivity contribution in [2.75, 3.05) is 0 Å². The molecule has 5 nitrogen and oxygen atoms in total. The van der Waals surface area contributed by atoms with Crippen LogP contribution in [0, 0.1) is 0 Å². The molecule has 0 aliphatic rings. The highest BCUT2D eigenvalue weighted by atomic mass is 16.4. The van der Waals surface area contributed by atoms with E-state index < -0.39 is 11.9 Å². The maximum absolute atomic E-state index is 11.0. The fraction of sp³-hybridized carbons (Fsp3) is 0.0909. The molecule has 82 valence electrons. The van der Waals surface area contributed by atoms with Crippen LogP contribution in [0.15, 0.2) is 30.5 Å². The van der Waals surface area contributed by atoms with Crippen LogP contribution in [0.5, 0.6) is 0 Å². The highest BCUT2D eigenvalue weighted by Crippen LogP contribution is 2.20. The van der Waals surface area contributed by atoms with E-state index >= 15 is 0 Å². The minimum atomic E-state index is -1.06. The molecule has 16 heavy (non-hydrogen) atoms. The third-order valence-corrected chi connectivity index (χ3v) is 2.32. The van der Waals surface area contributed by atoms with Crippen molar-refractivity contribution in [3.8, 4) is 0 Å². The number of carboxylic acid groups (broad SMARTS) is 2. The standard InChI is InChI=1S/C11H9NO4/c13-9(14)6-12-5-4-7-2-1-3-8(10(7)12)11(15)16/h1-5H,6H2,(H,13,14)(H,15,16). The number of nitrogens with zero attached hydrogens (tertiary/aromatic N) is 1. The highest BCUT2D eigenvalue weighted by Gasteiger charge is 2.13. The van der Waals surface area contributed by atoms with Crippen molar-refractivity contribution >= 4 is 22.8 Å². The second-order valence-electron chi connectivity index (χ2n) is 3.39. The van der Waals surface area contributed by atoms with Crippen molar-refractivity contribution in [3.63, 3.8) is 0 Å². The number of rotatable bonds is 3. The van der Waals surface area contributed by atoms with Crippen molar-refractivity contribution in [2.24, 2.45) is 0 Å². The monoisotopic (exact) mass is 219 g/mol. The van der Waals surface area contributed by atoms with Gasteiger partial charge < -0.3 is 14.8 Å². The van der Waals surface area contributed by atoms with Crippen LogP contribution in [-0.4, -0.2) is 26.7 Å². The number of carboxylic acids is 2. The van der Waals surface area contributed by atoms with E-state index in [0.717, 1.165) is 5.39 Å². The molecular formula is C11H9NO4. The molecule has 0 saturated carbocycles. The predicted octanol–water partition coefficient (Wildman–Crippen LogP) is 1.42. The molecule has 2 aromatic rings. The molecule has 5 heteroatoms. The van der Waals surface area contributed by atoms with E-state index in [2.05, 4.69) is 0 Å². The largest absolute Gasteiger partial charge is 0.480 e. The molecule has 0 radical (unpaired) electrons. The lowest BCUT2D eigenvalue weighted by Gasteiger charge is -2.04. The second kappa shape index (κ2) is 3.69. The number of hydrogen-bond acceptors (Lipinski definition) is 2. The molecule has 0 atom stereocenters. The Morgan fingerprint density at radius 2 is 1.94 bits per heavy atom. The van der Waals surface area contributed by atoms with Crippen molar-refractivity contribution in [1.82, 2.24) is 4.57 Å². The summed E-state index contributed by atoms with van der Waals surface area (Å²) < 4.78 is 1.42. The van der Waals surface area contributed by atoms with Crippen LogP contribution >= 0.6 is 0 Å². The van der Waals surface area contributed by atoms with Gasteiger partial charge in [0.05, 0.1) is 11.1 Å². The number of hydrogen-bond donors (Lipinski definition) is 2. The van der Waals surface area contributed by atoms with Crippen molar-refractivity contribution < 1.29 is 19.8 Å². The number of carbonyl (C=O) groups is 2. The van der Waals surface area contributed by atoms with E-state index in [9.17, 15) is 9.59 Å². The number of aromatic nitrogens is 1. The van der Waals surface area contributed by atoms with Gasteiger partial charge in [0.25, 0.3) is 0 Å². The van der Waals surface area contributed by atoms with Crippen LogP contribution in [-0.2, 0) is 11.3 Å². The van der Waals surface area contributed by atoms with E-state index in [1.165, 1.54) is 10.6 Å². The SMILES string of the molecule is O=C(O)Cn1ccc2cccc(C(=O)O)c21. The van der Waals surface area contributed by atoms with Crippen LogP contribution in [0.4, 0.5) is 0 Å². The molecule has 0 spiro atoms. The number of benzene rings is 1. The van der Waals surface area contributed by atoms with Crippen LogP contribution in [0.1, 0.15) is 10.4 Å². The van der Waals surface area contributed by atoms with Crippen molar-refractivity contribution in [3.05, 3.63) is 36.0 Å². The molecule has 2 rings (SSSR count). The van der Waals surface area contributed by atoms with Gasteiger partial charge in [0.1, 0.15) is 6.54 Å². The first kappa shape index (κ1) is 10.2. The number of fused-ring (bicyclic) bond motifs is 1. The summed E-state index contributed by atoms with van der Waals surface area (Å²) >= 11 is 0. The van der Waals surface area contributed by atoms with Crippen LogP contribution in [0.25, 0.3) is 10.9 Å². The molecule has 0 amide bonds. The quantitative estimate of drug-likeness (QED) is 0.818. The Balaban J connectivity index is 2.67. The summed E-state index contributed by atoms with van der Waals surface area (Å²) in [6.07, 6.45) is 1.57. The lowest BCUT2D eigenvalue weighted by molar-refractivity contribution is -0.137. The molecular weight excluding hydrogens is 210 g/mol. The molecule has 0 aliphatic heterocycles. The minimum Gasteiger partial charge on any atom is -0.480 e. The van der Waals surface area contributed by atoms with Gasteiger partial charge in [-0.2, -0.15) is 0 Å². The second-order valence-corrected chi connectivity index (χ2v) is 3.39. The Labute approximate surface area is 90.5 Å². The van der Waals surface area contributed by atoms with E-state index in [4.69, 9.17) is 10.2 Å². The normalized spacial score (nSPS) is 10.5. The zero-order chi connectivity index (χ0) is 11.7. The van der Waals surface area contributed by atoms with E-state index in [-0.39, 0.29) is 12.1 Å². The first-order valence-corrected chi connectivity index (χ1v) is 4.62. The third-order valence-electron chi connectivity index (χ3n) is 2.32. The Kier molecular flexibility index (Phi) is 2.36. The summed E-state index contributed by atoms with van der Waals surface area (Å²) in [5.74, 6) is -2.06. The van der Waals surface area contributed by atoms with Gasteiger partial charge in [0.15, 0.2) is 0 Å². The van der Waals surface area contributed by atoms with Gasteiger partial charge in [-0.1, -0.05) is 12.1 Å². The van der Waals surface area contributed by atoms with Crippen molar-refractivity contribution in [2.45, 2.75) is 6.54 Å². The van der Waals surface area contributed by atoms with Gasteiger partial charge in [-0.05, 0) is 12.1 Å². The Hall–Kier alpha value is -2.30. The zero-order valence-corrected chi connectivity index (χ0v) is 8.25. The van der Waals surface area contributed by atoms with Gasteiger partial charge in [0, 0.05) is 11.6 Å². The number of aromatic carboxylic acids is 1. The molecule has 0 bridgehead atoms. The molecule has 0 fully saturated rings. The molecule has 2 N–H and O–H groups in total. The average molecular weight is 219 g/mol. The minimum absolute atomic E-state index is 0.115. The third kappa shape index (κ3) is 1.63. The maximum Gasteiger partial charge on any atom is 0.337 e. The number of para-hydroxylation sites is 1. The fourth-order valence-electron chi connectivity index (χ4n) is 1.71. The highest BCUT2D eigenvalue weighted by molar-refractivity contribution is 6.02. The lowest BCUT2D eigenvalue weighted by Crippen LogP contribution is -2.09. The molecule has 0 aliphatic carbocycles. The lowest BCUT2D eigenvalue weighted by atomic mass is 10.1. The van der Waals surface area contributed by atoms with Crippen molar-refractivity contribution in [1.29, 1.82) is 0 Å². The molecule has 1 heterocycles. The van der Waals surface area contributed by atoms with Crippen LogP contribution < -0.4 is 0 Å². The average Bonchev–Trinajstić information content (AvgIpc) is 2.60. The maximum atomic E-state index is 11.0. The van der Waals surface area contributed by atoms with E-state index in [0.29, 0.717) is 5.52 Å². The summed E-state index contributed by atoms with van der Waals surface area (Å²) in [6, 6.07) is 6.55. The summed E-state index contributed by atoms with van der Waals surface area (Å²) in [5.41, 5.74) is 0.557. The topological polar surface area (TPSA) is 79.5 Å². The number of aliphatic carboxylic acids is 1.